The maximum atomic E-state index is 12.2. The summed E-state index contributed by atoms with van der Waals surface area (Å²) in [4.78, 5) is 21.1. The topological polar surface area (TPSA) is 66.9 Å². The molecule has 0 atom stereocenters. The lowest BCUT2D eigenvalue weighted by Gasteiger charge is -2.17. The number of unbranched alkanes of at least 4 members (excludes halogenated alkanes) is 2. The molecule has 1 aliphatic carbocycles. The molecule has 0 saturated heterocycles. The lowest BCUT2D eigenvalue weighted by molar-refractivity contribution is 0.0948. The van der Waals surface area contributed by atoms with Gasteiger partial charge in [-0.15, -0.1) is 0 Å². The van der Waals surface area contributed by atoms with Gasteiger partial charge in [-0.25, -0.2) is 9.97 Å². The molecule has 2 N–H and O–H groups in total. The maximum absolute atomic E-state index is 12.2. The summed E-state index contributed by atoms with van der Waals surface area (Å²) in [6.45, 7) is 4.77. The van der Waals surface area contributed by atoms with E-state index >= 15 is 0 Å². The SMILES string of the molecule is CCCCCNC(=O)c1cc(C)nc(NC2CCCCCC2)n1. The zero-order valence-corrected chi connectivity index (χ0v) is 14.5. The first-order chi connectivity index (χ1) is 11.2. The van der Waals surface area contributed by atoms with E-state index < -0.39 is 0 Å². The summed E-state index contributed by atoms with van der Waals surface area (Å²) in [6, 6.07) is 2.19. The van der Waals surface area contributed by atoms with Gasteiger partial charge in [-0.05, 0) is 32.3 Å². The molecule has 0 unspecified atom stereocenters. The van der Waals surface area contributed by atoms with Gasteiger partial charge in [0.15, 0.2) is 0 Å². The Hall–Kier alpha value is -1.65. The largest absolute Gasteiger partial charge is 0.351 e. The van der Waals surface area contributed by atoms with Crippen molar-refractivity contribution in [2.45, 2.75) is 77.7 Å². The van der Waals surface area contributed by atoms with Gasteiger partial charge < -0.3 is 10.6 Å². The number of carbonyl (C=O) groups is 1. The highest BCUT2D eigenvalue weighted by molar-refractivity contribution is 5.92. The number of hydrogen-bond acceptors (Lipinski definition) is 4. The predicted molar refractivity (Wildman–Crippen MR) is 93.7 cm³/mol. The monoisotopic (exact) mass is 318 g/mol. The van der Waals surface area contributed by atoms with Crippen LogP contribution in [0, 0.1) is 6.92 Å². The zero-order chi connectivity index (χ0) is 16.5. The Labute approximate surface area is 139 Å². The van der Waals surface area contributed by atoms with Crippen molar-refractivity contribution in [2.24, 2.45) is 0 Å². The van der Waals surface area contributed by atoms with Crippen LogP contribution in [-0.4, -0.2) is 28.5 Å². The van der Waals surface area contributed by atoms with Gasteiger partial charge in [-0.3, -0.25) is 4.79 Å². The first-order valence-corrected chi connectivity index (χ1v) is 9.09. The molecule has 1 aromatic rings. The molecule has 0 aromatic carbocycles. The molecule has 0 radical (unpaired) electrons. The molecule has 1 aliphatic rings. The highest BCUT2D eigenvalue weighted by Crippen LogP contribution is 2.20. The molecule has 1 heterocycles. The Bertz CT molecular complexity index is 496. The second kappa shape index (κ2) is 9.48. The smallest absolute Gasteiger partial charge is 0.270 e. The van der Waals surface area contributed by atoms with Crippen LogP contribution in [0.5, 0.6) is 0 Å². The van der Waals surface area contributed by atoms with Gasteiger partial charge >= 0.3 is 0 Å². The first-order valence-electron chi connectivity index (χ1n) is 9.09. The number of aryl methyl sites for hydroxylation is 1. The van der Waals surface area contributed by atoms with E-state index in [9.17, 15) is 4.79 Å². The second-order valence-corrected chi connectivity index (χ2v) is 6.51. The standard InChI is InChI=1S/C18H30N4O/c1-3-4-9-12-19-17(23)16-13-14(2)20-18(22-16)21-15-10-7-5-6-8-11-15/h13,15H,3-12H2,1-2H3,(H,19,23)(H,20,21,22). The molecular weight excluding hydrogens is 288 g/mol. The number of carbonyl (C=O) groups excluding carboxylic acids is 1. The third-order valence-corrected chi connectivity index (χ3v) is 4.34. The van der Waals surface area contributed by atoms with Crippen molar-refractivity contribution in [2.75, 3.05) is 11.9 Å². The average Bonchev–Trinajstić information content (AvgIpc) is 2.79. The molecule has 5 nitrogen and oxygen atoms in total. The number of nitrogens with one attached hydrogen (secondary N) is 2. The minimum atomic E-state index is -0.101. The van der Waals surface area contributed by atoms with E-state index in [1.807, 2.05) is 6.92 Å². The quantitative estimate of drug-likeness (QED) is 0.592. The van der Waals surface area contributed by atoms with Gasteiger partial charge in [0.25, 0.3) is 5.91 Å². The molecule has 1 fully saturated rings. The van der Waals surface area contributed by atoms with Crippen LogP contribution in [-0.2, 0) is 0 Å². The Morgan fingerprint density at radius 2 is 1.91 bits per heavy atom. The second-order valence-electron chi connectivity index (χ2n) is 6.51. The van der Waals surface area contributed by atoms with E-state index in [2.05, 4.69) is 27.5 Å². The fourth-order valence-corrected chi connectivity index (χ4v) is 3.02. The van der Waals surface area contributed by atoms with Gasteiger partial charge in [0.2, 0.25) is 5.95 Å². The summed E-state index contributed by atoms with van der Waals surface area (Å²) >= 11 is 0. The third kappa shape index (κ3) is 6.16. The van der Waals surface area contributed by atoms with Gasteiger partial charge in [0.1, 0.15) is 5.69 Å². The molecule has 128 valence electrons. The van der Waals surface area contributed by atoms with Gasteiger partial charge in [0, 0.05) is 18.3 Å². The van der Waals surface area contributed by atoms with Crippen LogP contribution in [0.3, 0.4) is 0 Å². The summed E-state index contributed by atoms with van der Waals surface area (Å²) < 4.78 is 0. The van der Waals surface area contributed by atoms with E-state index in [4.69, 9.17) is 0 Å². The Balaban J connectivity index is 1.95. The number of aromatic nitrogens is 2. The molecule has 1 amide bonds. The third-order valence-electron chi connectivity index (χ3n) is 4.34. The van der Waals surface area contributed by atoms with Crippen molar-refractivity contribution in [1.82, 2.24) is 15.3 Å². The van der Waals surface area contributed by atoms with Crippen molar-refractivity contribution in [1.29, 1.82) is 0 Å². The minimum absolute atomic E-state index is 0.101. The minimum Gasteiger partial charge on any atom is -0.351 e. The van der Waals surface area contributed by atoms with E-state index in [1.165, 1.54) is 25.7 Å². The van der Waals surface area contributed by atoms with Crippen molar-refractivity contribution >= 4 is 11.9 Å². The predicted octanol–water partition coefficient (Wildman–Crippen LogP) is 3.84. The van der Waals surface area contributed by atoms with Crippen LogP contribution in [0.25, 0.3) is 0 Å². The zero-order valence-electron chi connectivity index (χ0n) is 14.5. The summed E-state index contributed by atoms with van der Waals surface area (Å²) in [5.74, 6) is 0.492. The first kappa shape index (κ1) is 17.7. The number of rotatable bonds is 7. The van der Waals surface area contributed by atoms with Crippen LogP contribution in [0.15, 0.2) is 6.07 Å². The van der Waals surface area contributed by atoms with Crippen LogP contribution in [0.4, 0.5) is 5.95 Å². The summed E-state index contributed by atoms with van der Waals surface area (Å²) in [5, 5.41) is 6.38. The molecule has 0 bridgehead atoms. The molecule has 1 aromatic heterocycles. The molecule has 1 saturated carbocycles. The van der Waals surface area contributed by atoms with E-state index in [1.54, 1.807) is 6.07 Å². The Kier molecular flexibility index (Phi) is 7.30. The van der Waals surface area contributed by atoms with E-state index in [0.29, 0.717) is 24.2 Å². The van der Waals surface area contributed by atoms with Gasteiger partial charge in [0.05, 0.1) is 0 Å². The molecule has 5 heteroatoms. The summed E-state index contributed by atoms with van der Waals surface area (Å²) in [6.07, 6.45) is 10.8. The van der Waals surface area contributed by atoms with Crippen LogP contribution in [0.1, 0.15) is 80.9 Å². The fraction of sp³-hybridized carbons (Fsp3) is 0.722. The number of amides is 1. The van der Waals surface area contributed by atoms with Crippen molar-refractivity contribution in [3.63, 3.8) is 0 Å². The Morgan fingerprint density at radius 1 is 1.17 bits per heavy atom. The molecule has 0 aliphatic heterocycles. The molecular formula is C18H30N4O. The number of nitrogens with zero attached hydrogens (tertiary/aromatic N) is 2. The van der Waals surface area contributed by atoms with Crippen LogP contribution < -0.4 is 10.6 Å². The number of hydrogen-bond donors (Lipinski definition) is 2. The summed E-state index contributed by atoms with van der Waals surface area (Å²) in [7, 11) is 0. The highest BCUT2D eigenvalue weighted by Gasteiger charge is 2.15. The van der Waals surface area contributed by atoms with Gasteiger partial charge in [-0.1, -0.05) is 45.4 Å². The average molecular weight is 318 g/mol. The normalized spacial score (nSPS) is 15.9. The maximum Gasteiger partial charge on any atom is 0.270 e. The molecule has 2 rings (SSSR count). The van der Waals surface area contributed by atoms with Crippen molar-refractivity contribution in [3.05, 3.63) is 17.5 Å². The van der Waals surface area contributed by atoms with Crippen molar-refractivity contribution in [3.8, 4) is 0 Å². The highest BCUT2D eigenvalue weighted by atomic mass is 16.1. The molecule has 0 spiro atoms. The van der Waals surface area contributed by atoms with Crippen molar-refractivity contribution < 1.29 is 4.79 Å². The Morgan fingerprint density at radius 3 is 2.61 bits per heavy atom. The lowest BCUT2D eigenvalue weighted by atomic mass is 10.1. The lowest BCUT2D eigenvalue weighted by Crippen LogP contribution is -2.27. The van der Waals surface area contributed by atoms with Gasteiger partial charge in [-0.2, -0.15) is 0 Å². The van der Waals surface area contributed by atoms with Crippen LogP contribution in [0.2, 0.25) is 0 Å². The van der Waals surface area contributed by atoms with E-state index in [0.717, 1.165) is 37.8 Å². The molecule has 23 heavy (non-hydrogen) atoms. The van der Waals surface area contributed by atoms with Crippen LogP contribution >= 0.6 is 0 Å². The number of anilines is 1. The van der Waals surface area contributed by atoms with E-state index in [-0.39, 0.29) is 5.91 Å². The summed E-state index contributed by atoms with van der Waals surface area (Å²) in [5.41, 5.74) is 1.29. The fourth-order valence-electron chi connectivity index (χ4n) is 3.02.